The smallest absolute Gasteiger partial charge is 0.225 e. The van der Waals surface area contributed by atoms with Gasteiger partial charge in [-0.3, -0.25) is 9.59 Å². The van der Waals surface area contributed by atoms with E-state index in [1.54, 1.807) is 0 Å². The molecule has 23 heavy (non-hydrogen) atoms. The van der Waals surface area contributed by atoms with Crippen LogP contribution in [0.25, 0.3) is 0 Å². The lowest BCUT2D eigenvalue weighted by Crippen LogP contribution is -2.43. The summed E-state index contributed by atoms with van der Waals surface area (Å²) in [5.41, 5.74) is 0. The number of amides is 2. The predicted molar refractivity (Wildman–Crippen MR) is 87.6 cm³/mol. The van der Waals surface area contributed by atoms with Crippen LogP contribution in [0.15, 0.2) is 0 Å². The second kappa shape index (κ2) is 7.20. The summed E-state index contributed by atoms with van der Waals surface area (Å²) in [7, 11) is 0. The number of nitrogens with one attached hydrogen (secondary N) is 1. The van der Waals surface area contributed by atoms with Crippen molar-refractivity contribution in [2.24, 2.45) is 17.8 Å². The summed E-state index contributed by atoms with van der Waals surface area (Å²) in [6.45, 7) is 2.97. The minimum atomic E-state index is -0.207. The molecule has 0 aromatic heterocycles. The van der Waals surface area contributed by atoms with Crippen LogP contribution >= 0.6 is 0 Å². The van der Waals surface area contributed by atoms with Gasteiger partial charge in [-0.25, -0.2) is 0 Å². The molecule has 1 heterocycles. The van der Waals surface area contributed by atoms with Gasteiger partial charge in [0.15, 0.2) is 0 Å². The van der Waals surface area contributed by atoms with Crippen LogP contribution in [0.2, 0.25) is 0 Å². The van der Waals surface area contributed by atoms with Crippen LogP contribution in [-0.2, 0) is 9.59 Å². The number of carbonyl (C=O) groups excluding carboxylic acids is 2. The van der Waals surface area contributed by atoms with E-state index in [1.165, 1.54) is 12.8 Å². The highest BCUT2D eigenvalue weighted by Crippen LogP contribution is 2.35. The van der Waals surface area contributed by atoms with Gasteiger partial charge in [0.05, 0.1) is 5.92 Å². The maximum absolute atomic E-state index is 12.5. The summed E-state index contributed by atoms with van der Waals surface area (Å²) in [6.07, 6.45) is 7.79. The van der Waals surface area contributed by atoms with E-state index in [4.69, 9.17) is 5.11 Å². The first kappa shape index (κ1) is 16.7. The molecule has 3 fully saturated rings. The molecule has 2 N–H and O–H groups in total. The molecule has 0 radical (unpaired) electrons. The summed E-state index contributed by atoms with van der Waals surface area (Å²) in [6, 6.07) is 0.431. The number of hydrogen-bond acceptors (Lipinski definition) is 3. The largest absolute Gasteiger partial charge is 0.396 e. The van der Waals surface area contributed by atoms with Crippen LogP contribution in [0.4, 0.5) is 0 Å². The summed E-state index contributed by atoms with van der Waals surface area (Å²) >= 11 is 0. The Kier molecular flexibility index (Phi) is 5.24. The van der Waals surface area contributed by atoms with E-state index in [1.807, 2.05) is 4.90 Å². The molecule has 2 aliphatic carbocycles. The van der Waals surface area contributed by atoms with Crippen LogP contribution < -0.4 is 5.32 Å². The molecule has 0 spiro atoms. The van der Waals surface area contributed by atoms with Crippen molar-refractivity contribution >= 4 is 11.8 Å². The van der Waals surface area contributed by atoms with Gasteiger partial charge in [0.1, 0.15) is 0 Å². The molecule has 2 unspecified atom stereocenters. The first-order valence-electron chi connectivity index (χ1n) is 9.29. The Balaban J connectivity index is 1.53. The monoisotopic (exact) mass is 322 g/mol. The highest BCUT2D eigenvalue weighted by Gasteiger charge is 2.40. The molecule has 5 nitrogen and oxygen atoms in total. The van der Waals surface area contributed by atoms with E-state index in [2.05, 4.69) is 12.2 Å². The molecule has 0 bridgehead atoms. The first-order valence-corrected chi connectivity index (χ1v) is 9.29. The summed E-state index contributed by atoms with van der Waals surface area (Å²) < 4.78 is 0. The van der Waals surface area contributed by atoms with Gasteiger partial charge < -0.3 is 15.3 Å². The van der Waals surface area contributed by atoms with E-state index in [9.17, 15) is 9.59 Å². The molecule has 2 saturated carbocycles. The second-order valence-corrected chi connectivity index (χ2v) is 7.83. The van der Waals surface area contributed by atoms with E-state index in [0.717, 1.165) is 31.6 Å². The number of nitrogens with zero attached hydrogens (tertiary/aromatic N) is 1. The Labute approximate surface area is 138 Å². The fourth-order valence-electron chi connectivity index (χ4n) is 4.18. The minimum Gasteiger partial charge on any atom is -0.396 e. The Bertz CT molecular complexity index is 442. The standard InChI is InChI=1S/C18H30N2O3/c1-12-2-6-15(7-3-12)20-11-14(10-17(20)22)18(23)19-16(8-9-21)13-4-5-13/h12-16,21H,2-11H2,1H3,(H,19,23). The van der Waals surface area contributed by atoms with Crippen LogP contribution in [-0.4, -0.2) is 47.1 Å². The Hall–Kier alpha value is -1.10. The van der Waals surface area contributed by atoms with Crippen molar-refractivity contribution in [3.63, 3.8) is 0 Å². The topological polar surface area (TPSA) is 69.6 Å². The lowest BCUT2D eigenvalue weighted by molar-refractivity contribution is -0.131. The SMILES string of the molecule is CC1CCC(N2CC(C(=O)NC(CCO)C3CC3)CC2=O)CC1. The van der Waals surface area contributed by atoms with Crippen molar-refractivity contribution in [1.82, 2.24) is 10.2 Å². The maximum atomic E-state index is 12.5. The summed E-state index contributed by atoms with van der Waals surface area (Å²) in [5.74, 6) is 1.24. The second-order valence-electron chi connectivity index (χ2n) is 7.83. The van der Waals surface area contributed by atoms with Crippen LogP contribution in [0, 0.1) is 17.8 Å². The molecule has 0 aromatic carbocycles. The number of likely N-dealkylation sites (tertiary alicyclic amines) is 1. The van der Waals surface area contributed by atoms with Gasteiger partial charge in [0.25, 0.3) is 0 Å². The molecule has 3 rings (SSSR count). The maximum Gasteiger partial charge on any atom is 0.225 e. The lowest BCUT2D eigenvalue weighted by atomic mass is 9.86. The van der Waals surface area contributed by atoms with Crippen LogP contribution in [0.1, 0.15) is 58.3 Å². The average molecular weight is 322 g/mol. The summed E-state index contributed by atoms with van der Waals surface area (Å²) in [5, 5.41) is 12.2. The van der Waals surface area contributed by atoms with E-state index in [0.29, 0.717) is 31.3 Å². The number of carbonyl (C=O) groups is 2. The van der Waals surface area contributed by atoms with Gasteiger partial charge in [-0.15, -0.1) is 0 Å². The molecule has 2 atom stereocenters. The summed E-state index contributed by atoms with van der Waals surface area (Å²) in [4.78, 5) is 26.8. The highest BCUT2D eigenvalue weighted by atomic mass is 16.3. The Morgan fingerprint density at radius 1 is 1.26 bits per heavy atom. The normalized spacial score (nSPS) is 32.9. The zero-order valence-electron chi connectivity index (χ0n) is 14.2. The molecule has 1 aliphatic heterocycles. The molecule has 5 heteroatoms. The third kappa shape index (κ3) is 4.06. The third-order valence-corrected chi connectivity index (χ3v) is 5.91. The molecule has 0 aromatic rings. The minimum absolute atomic E-state index is 0.00961. The van der Waals surface area contributed by atoms with Crippen molar-refractivity contribution in [3.8, 4) is 0 Å². The van der Waals surface area contributed by atoms with Gasteiger partial charge in [-0.1, -0.05) is 6.92 Å². The number of aliphatic hydroxyl groups excluding tert-OH is 1. The zero-order valence-corrected chi connectivity index (χ0v) is 14.2. The Morgan fingerprint density at radius 2 is 1.96 bits per heavy atom. The fourth-order valence-corrected chi connectivity index (χ4v) is 4.18. The molecule has 1 saturated heterocycles. The predicted octanol–water partition coefficient (Wildman–Crippen LogP) is 1.69. The number of hydrogen-bond donors (Lipinski definition) is 2. The van der Waals surface area contributed by atoms with Crippen molar-refractivity contribution in [3.05, 3.63) is 0 Å². The zero-order chi connectivity index (χ0) is 16.4. The van der Waals surface area contributed by atoms with E-state index < -0.39 is 0 Å². The van der Waals surface area contributed by atoms with Gasteiger partial charge >= 0.3 is 0 Å². The number of aliphatic hydroxyl groups is 1. The van der Waals surface area contributed by atoms with E-state index >= 15 is 0 Å². The van der Waals surface area contributed by atoms with Crippen LogP contribution in [0.5, 0.6) is 0 Å². The third-order valence-electron chi connectivity index (χ3n) is 5.91. The lowest BCUT2D eigenvalue weighted by Gasteiger charge is -2.33. The molecule has 3 aliphatic rings. The van der Waals surface area contributed by atoms with Crippen LogP contribution in [0.3, 0.4) is 0 Å². The van der Waals surface area contributed by atoms with E-state index in [-0.39, 0.29) is 30.4 Å². The average Bonchev–Trinajstić information content (AvgIpc) is 3.30. The van der Waals surface area contributed by atoms with Gasteiger partial charge in [-0.05, 0) is 56.8 Å². The Morgan fingerprint density at radius 3 is 2.57 bits per heavy atom. The fraction of sp³-hybridized carbons (Fsp3) is 0.889. The molecular weight excluding hydrogens is 292 g/mol. The van der Waals surface area contributed by atoms with Gasteiger partial charge in [-0.2, -0.15) is 0 Å². The quantitative estimate of drug-likeness (QED) is 0.782. The van der Waals surface area contributed by atoms with Crippen molar-refractivity contribution in [2.75, 3.05) is 13.2 Å². The highest BCUT2D eigenvalue weighted by molar-refractivity contribution is 5.89. The first-order chi connectivity index (χ1) is 11.1. The molecular formula is C18H30N2O3. The van der Waals surface area contributed by atoms with Gasteiger partial charge in [0.2, 0.25) is 11.8 Å². The van der Waals surface area contributed by atoms with Gasteiger partial charge in [0, 0.05) is 31.7 Å². The molecule has 130 valence electrons. The van der Waals surface area contributed by atoms with Crippen molar-refractivity contribution in [2.45, 2.75) is 70.4 Å². The van der Waals surface area contributed by atoms with Crippen molar-refractivity contribution in [1.29, 1.82) is 0 Å². The molecule has 2 amide bonds. The van der Waals surface area contributed by atoms with Crippen molar-refractivity contribution < 1.29 is 14.7 Å². The number of rotatable bonds is 6.